The Bertz CT molecular complexity index is 836. The predicted molar refractivity (Wildman–Crippen MR) is 124 cm³/mol. The fraction of sp³-hybridized carbons (Fsp3) is 0.520. The molecule has 1 aromatic carbocycles. The van der Waals surface area contributed by atoms with E-state index in [1.54, 1.807) is 7.11 Å². The van der Waals surface area contributed by atoms with E-state index in [9.17, 15) is 4.79 Å². The van der Waals surface area contributed by atoms with Crippen LogP contribution in [-0.2, 0) is 11.2 Å². The Balaban J connectivity index is 1.23. The van der Waals surface area contributed by atoms with Gasteiger partial charge in [0.05, 0.1) is 7.11 Å². The van der Waals surface area contributed by atoms with Crippen LogP contribution in [-0.4, -0.2) is 73.6 Å². The van der Waals surface area contributed by atoms with Crippen molar-refractivity contribution in [2.24, 2.45) is 5.92 Å². The topological polar surface area (TPSA) is 48.9 Å². The van der Waals surface area contributed by atoms with Gasteiger partial charge in [-0.05, 0) is 48.9 Å². The van der Waals surface area contributed by atoms with Crippen molar-refractivity contribution in [3.63, 3.8) is 0 Å². The summed E-state index contributed by atoms with van der Waals surface area (Å²) < 4.78 is 5.42. The number of hydrogen-bond donors (Lipinski definition) is 0. The first-order chi connectivity index (χ1) is 15.2. The number of likely N-dealkylation sites (tertiary alicyclic amines) is 1. The lowest BCUT2D eigenvalue weighted by Gasteiger charge is -2.39. The number of piperidine rings is 1. The van der Waals surface area contributed by atoms with Gasteiger partial charge in [0.25, 0.3) is 0 Å². The minimum Gasteiger partial charge on any atom is -0.496 e. The van der Waals surface area contributed by atoms with Crippen LogP contribution in [0.1, 0.15) is 24.8 Å². The van der Waals surface area contributed by atoms with Gasteiger partial charge in [-0.15, -0.1) is 0 Å². The smallest absolute Gasteiger partial charge is 0.222 e. The molecule has 31 heavy (non-hydrogen) atoms. The molecule has 2 fully saturated rings. The van der Waals surface area contributed by atoms with Gasteiger partial charge in [0.2, 0.25) is 5.91 Å². The van der Waals surface area contributed by atoms with Crippen molar-refractivity contribution < 1.29 is 9.53 Å². The monoisotopic (exact) mass is 422 g/mol. The molecular formula is C25H34N4O2. The number of carbonyl (C=O) groups is 1. The molecule has 0 aliphatic carbocycles. The maximum Gasteiger partial charge on any atom is 0.222 e. The number of anilines is 1. The van der Waals surface area contributed by atoms with Gasteiger partial charge < -0.3 is 14.5 Å². The van der Waals surface area contributed by atoms with Crippen LogP contribution >= 0.6 is 0 Å². The molecule has 4 rings (SSSR count). The van der Waals surface area contributed by atoms with E-state index in [0.717, 1.165) is 75.8 Å². The average molecular weight is 423 g/mol. The number of amides is 1. The van der Waals surface area contributed by atoms with E-state index in [-0.39, 0.29) is 5.91 Å². The highest BCUT2D eigenvalue weighted by atomic mass is 16.5. The molecule has 6 nitrogen and oxygen atoms in total. The van der Waals surface area contributed by atoms with Crippen molar-refractivity contribution in [1.29, 1.82) is 0 Å². The summed E-state index contributed by atoms with van der Waals surface area (Å²) in [5.41, 5.74) is 1.11. The van der Waals surface area contributed by atoms with E-state index in [1.165, 1.54) is 6.42 Å². The van der Waals surface area contributed by atoms with Gasteiger partial charge in [-0.2, -0.15) is 0 Å². The van der Waals surface area contributed by atoms with Gasteiger partial charge in [0.15, 0.2) is 0 Å². The van der Waals surface area contributed by atoms with E-state index < -0.39 is 0 Å². The normalized spacial score (nSPS) is 20.0. The zero-order chi connectivity index (χ0) is 21.5. The summed E-state index contributed by atoms with van der Waals surface area (Å²) >= 11 is 0. The van der Waals surface area contributed by atoms with E-state index in [0.29, 0.717) is 12.3 Å². The number of rotatable bonds is 7. The Labute approximate surface area is 185 Å². The van der Waals surface area contributed by atoms with Crippen LogP contribution in [0.15, 0.2) is 48.7 Å². The van der Waals surface area contributed by atoms with Crippen molar-refractivity contribution in [3.8, 4) is 5.75 Å². The van der Waals surface area contributed by atoms with Gasteiger partial charge in [-0.3, -0.25) is 9.69 Å². The third-order valence-electron chi connectivity index (χ3n) is 6.53. The lowest BCUT2D eigenvalue weighted by molar-refractivity contribution is -0.133. The van der Waals surface area contributed by atoms with Crippen molar-refractivity contribution in [1.82, 2.24) is 14.8 Å². The Morgan fingerprint density at radius 2 is 1.87 bits per heavy atom. The van der Waals surface area contributed by atoms with Crippen LogP contribution in [0, 0.1) is 5.92 Å². The Hall–Kier alpha value is -2.60. The van der Waals surface area contributed by atoms with E-state index in [1.807, 2.05) is 30.5 Å². The summed E-state index contributed by atoms with van der Waals surface area (Å²) in [5.74, 6) is 2.80. The van der Waals surface area contributed by atoms with Crippen LogP contribution in [0.4, 0.5) is 5.82 Å². The molecule has 0 spiro atoms. The van der Waals surface area contributed by atoms with Crippen LogP contribution in [0.25, 0.3) is 0 Å². The number of benzene rings is 1. The molecule has 166 valence electrons. The molecule has 2 aliphatic heterocycles. The van der Waals surface area contributed by atoms with Gasteiger partial charge in [0, 0.05) is 58.4 Å². The van der Waals surface area contributed by atoms with Gasteiger partial charge in [-0.1, -0.05) is 24.3 Å². The van der Waals surface area contributed by atoms with Crippen LogP contribution < -0.4 is 9.64 Å². The lowest BCUT2D eigenvalue weighted by Crippen LogP contribution is -2.50. The molecule has 2 aromatic rings. The molecule has 0 bridgehead atoms. The predicted octanol–water partition coefficient (Wildman–Crippen LogP) is 3.08. The average Bonchev–Trinajstić information content (AvgIpc) is 2.84. The highest BCUT2D eigenvalue weighted by Crippen LogP contribution is 2.22. The summed E-state index contributed by atoms with van der Waals surface area (Å²) in [7, 11) is 1.69. The molecule has 1 unspecified atom stereocenters. The SMILES string of the molecule is COc1ccccc1CCC(=O)N1CCCC(CN2CCN(c3ccccn3)CC2)C1. The molecule has 2 saturated heterocycles. The second kappa shape index (κ2) is 10.6. The van der Waals surface area contributed by atoms with Crippen molar-refractivity contribution >= 4 is 11.7 Å². The third-order valence-corrected chi connectivity index (χ3v) is 6.53. The first-order valence-corrected chi connectivity index (χ1v) is 11.5. The molecule has 3 heterocycles. The number of aromatic nitrogens is 1. The zero-order valence-electron chi connectivity index (χ0n) is 18.6. The Morgan fingerprint density at radius 1 is 1.06 bits per heavy atom. The van der Waals surface area contributed by atoms with Gasteiger partial charge in [-0.25, -0.2) is 4.98 Å². The van der Waals surface area contributed by atoms with Crippen molar-refractivity contribution in [2.45, 2.75) is 25.7 Å². The zero-order valence-corrected chi connectivity index (χ0v) is 18.6. The summed E-state index contributed by atoms with van der Waals surface area (Å²) in [6.45, 7) is 7.05. The third kappa shape index (κ3) is 5.76. The summed E-state index contributed by atoms with van der Waals surface area (Å²) in [6.07, 6.45) is 5.48. The standard InChI is InChI=1S/C25H34N4O2/c1-31-23-9-3-2-8-22(23)11-12-25(30)29-14-6-7-21(20-29)19-27-15-17-28(18-16-27)24-10-4-5-13-26-24/h2-5,8-10,13,21H,6-7,11-12,14-20H2,1H3. The Morgan fingerprint density at radius 3 is 2.65 bits per heavy atom. The molecule has 1 aromatic heterocycles. The first-order valence-electron chi connectivity index (χ1n) is 11.5. The highest BCUT2D eigenvalue weighted by molar-refractivity contribution is 5.76. The number of methoxy groups -OCH3 is 1. The number of hydrogen-bond acceptors (Lipinski definition) is 5. The molecule has 0 radical (unpaired) electrons. The molecule has 0 N–H and O–H groups in total. The molecule has 2 aliphatic rings. The highest BCUT2D eigenvalue weighted by Gasteiger charge is 2.27. The van der Waals surface area contributed by atoms with E-state index in [2.05, 4.69) is 37.9 Å². The molecular weight excluding hydrogens is 388 g/mol. The van der Waals surface area contributed by atoms with E-state index in [4.69, 9.17) is 4.74 Å². The van der Waals surface area contributed by atoms with Crippen LogP contribution in [0.5, 0.6) is 5.75 Å². The fourth-order valence-electron chi connectivity index (χ4n) is 4.82. The van der Waals surface area contributed by atoms with Crippen LogP contribution in [0.2, 0.25) is 0 Å². The van der Waals surface area contributed by atoms with E-state index >= 15 is 0 Å². The van der Waals surface area contributed by atoms with Crippen molar-refractivity contribution in [2.75, 3.05) is 57.8 Å². The fourth-order valence-corrected chi connectivity index (χ4v) is 4.82. The minimum atomic E-state index is 0.274. The molecule has 1 atom stereocenters. The van der Waals surface area contributed by atoms with Crippen molar-refractivity contribution in [3.05, 3.63) is 54.2 Å². The summed E-state index contributed by atoms with van der Waals surface area (Å²) in [4.78, 5) is 24.4. The minimum absolute atomic E-state index is 0.274. The molecule has 1 amide bonds. The second-order valence-electron chi connectivity index (χ2n) is 8.64. The number of piperazine rings is 1. The van der Waals surface area contributed by atoms with Gasteiger partial charge >= 0.3 is 0 Å². The number of para-hydroxylation sites is 1. The number of carbonyl (C=O) groups excluding carboxylic acids is 1. The number of nitrogens with zero attached hydrogens (tertiary/aromatic N) is 4. The van der Waals surface area contributed by atoms with Gasteiger partial charge in [0.1, 0.15) is 11.6 Å². The summed E-state index contributed by atoms with van der Waals surface area (Å²) in [6, 6.07) is 14.1. The molecule has 6 heteroatoms. The van der Waals surface area contributed by atoms with Crippen LogP contribution in [0.3, 0.4) is 0 Å². The Kier molecular flexibility index (Phi) is 7.41. The maximum absolute atomic E-state index is 12.9. The molecule has 0 saturated carbocycles. The quantitative estimate of drug-likeness (QED) is 0.686. The second-order valence-corrected chi connectivity index (χ2v) is 8.64. The number of pyridine rings is 1. The summed E-state index contributed by atoms with van der Waals surface area (Å²) in [5, 5.41) is 0. The maximum atomic E-state index is 12.9. The largest absolute Gasteiger partial charge is 0.496 e. The number of aryl methyl sites for hydroxylation is 1. The number of ether oxygens (including phenoxy) is 1. The lowest BCUT2D eigenvalue weighted by atomic mass is 9.96. The first kappa shape index (κ1) is 21.6.